The van der Waals surface area contributed by atoms with E-state index in [1.165, 1.54) is 38.5 Å². The van der Waals surface area contributed by atoms with Gasteiger partial charge in [-0.2, -0.15) is 0 Å². The third kappa shape index (κ3) is 4.30. The number of carboxylic acids is 1. The molecule has 3 nitrogen and oxygen atoms in total. The Balaban J connectivity index is 1.73. The van der Waals surface area contributed by atoms with Gasteiger partial charge in [-0.15, -0.1) is 0 Å². The zero-order chi connectivity index (χ0) is 21.4. The zero-order valence-electron chi connectivity index (χ0n) is 19.5. The van der Waals surface area contributed by atoms with Crippen LogP contribution in [0, 0.1) is 46.3 Å². The van der Waals surface area contributed by atoms with Crippen LogP contribution in [0.1, 0.15) is 105 Å². The summed E-state index contributed by atoms with van der Waals surface area (Å²) in [4.78, 5) is 24.0. The predicted molar refractivity (Wildman–Crippen MR) is 115 cm³/mol. The van der Waals surface area contributed by atoms with Crippen molar-refractivity contribution < 1.29 is 14.7 Å². The Hall–Kier alpha value is -0.860. The van der Waals surface area contributed by atoms with E-state index in [9.17, 15) is 14.7 Å². The van der Waals surface area contributed by atoms with Crippen LogP contribution in [-0.4, -0.2) is 11.8 Å². The third-order valence-electron chi connectivity index (χ3n) is 9.65. The molecule has 7 atom stereocenters. The summed E-state index contributed by atoms with van der Waals surface area (Å²) in [6, 6.07) is 0. The van der Waals surface area contributed by atoms with Gasteiger partial charge in [-0.25, -0.2) is 0 Å². The molecule has 0 unspecified atom stereocenters. The zero-order valence-corrected chi connectivity index (χ0v) is 19.5. The summed E-state index contributed by atoms with van der Waals surface area (Å²) in [6.45, 7) is 11.7. The number of aliphatic carboxylic acids is 1. The van der Waals surface area contributed by atoms with Gasteiger partial charge in [0.2, 0.25) is 0 Å². The van der Waals surface area contributed by atoms with E-state index in [2.05, 4.69) is 34.6 Å². The van der Waals surface area contributed by atoms with Gasteiger partial charge in [0.1, 0.15) is 5.78 Å². The minimum absolute atomic E-state index is 0.0168. The highest BCUT2D eigenvalue weighted by Gasteiger charge is 2.59. The molecule has 0 radical (unpaired) electrons. The van der Waals surface area contributed by atoms with Crippen molar-refractivity contribution in [3.8, 4) is 0 Å². The van der Waals surface area contributed by atoms with Crippen molar-refractivity contribution in [3.63, 3.8) is 0 Å². The number of rotatable bonds is 8. The van der Waals surface area contributed by atoms with E-state index in [0.29, 0.717) is 41.8 Å². The average molecular weight is 404 g/mol. The summed E-state index contributed by atoms with van der Waals surface area (Å²) in [7, 11) is 0. The maximum Gasteiger partial charge on any atom is 0.139 e. The van der Waals surface area contributed by atoms with Gasteiger partial charge < -0.3 is 9.90 Å². The fourth-order valence-electron chi connectivity index (χ4n) is 7.98. The molecule has 0 N–H and O–H groups in total. The summed E-state index contributed by atoms with van der Waals surface area (Å²) >= 11 is 0. The lowest BCUT2D eigenvalue weighted by Crippen LogP contribution is -2.52. The topological polar surface area (TPSA) is 57.2 Å². The van der Waals surface area contributed by atoms with Crippen molar-refractivity contribution >= 4 is 11.8 Å². The van der Waals surface area contributed by atoms with Gasteiger partial charge in [0.15, 0.2) is 0 Å². The van der Waals surface area contributed by atoms with Crippen LogP contribution in [0.25, 0.3) is 0 Å². The lowest BCUT2D eigenvalue weighted by Gasteiger charge is -2.56. The van der Waals surface area contributed by atoms with E-state index in [1.54, 1.807) is 0 Å². The number of ketones is 1. The molecule has 3 aliphatic rings. The Morgan fingerprint density at radius 1 is 1.07 bits per heavy atom. The SMILES string of the molecule is CC(C)CCC[C@@H](C)[C@H]1CC[C@H]2[C@@H]3CCC(=O)[C@](C)(CCC(=O)[O-])[C@@H]3CC[C@]12C. The van der Waals surface area contributed by atoms with Crippen molar-refractivity contribution in [2.75, 3.05) is 0 Å². The van der Waals surface area contributed by atoms with Crippen molar-refractivity contribution in [3.05, 3.63) is 0 Å². The van der Waals surface area contributed by atoms with Gasteiger partial charge in [-0.05, 0) is 85.9 Å². The average Bonchev–Trinajstić information content (AvgIpc) is 3.00. The Kier molecular flexibility index (Phi) is 6.85. The van der Waals surface area contributed by atoms with Crippen molar-refractivity contribution in [1.82, 2.24) is 0 Å². The molecule has 3 aliphatic carbocycles. The monoisotopic (exact) mass is 403 g/mol. The highest BCUT2D eigenvalue weighted by molar-refractivity contribution is 5.86. The summed E-state index contributed by atoms with van der Waals surface area (Å²) < 4.78 is 0. The number of carbonyl (C=O) groups is 2. The van der Waals surface area contributed by atoms with Crippen LogP contribution >= 0.6 is 0 Å². The minimum Gasteiger partial charge on any atom is -0.550 e. The number of carboxylic acid groups (broad SMARTS) is 1. The van der Waals surface area contributed by atoms with Gasteiger partial charge in [-0.3, -0.25) is 4.79 Å². The maximum atomic E-state index is 12.9. The minimum atomic E-state index is -1.02. The first-order valence-corrected chi connectivity index (χ1v) is 12.3. The molecule has 3 saturated carbocycles. The number of hydrogen-bond acceptors (Lipinski definition) is 3. The van der Waals surface area contributed by atoms with Crippen LogP contribution in [0.5, 0.6) is 0 Å². The first kappa shape index (κ1) is 22.8. The molecular weight excluding hydrogens is 360 g/mol. The van der Waals surface area contributed by atoms with E-state index in [-0.39, 0.29) is 6.42 Å². The van der Waals surface area contributed by atoms with Crippen LogP contribution in [0.3, 0.4) is 0 Å². The summed E-state index contributed by atoms with van der Waals surface area (Å²) in [5, 5.41) is 11.1. The van der Waals surface area contributed by atoms with Crippen LogP contribution in [-0.2, 0) is 9.59 Å². The highest BCUT2D eigenvalue weighted by Crippen LogP contribution is 2.65. The molecule has 0 spiro atoms. The first-order valence-electron chi connectivity index (χ1n) is 12.3. The van der Waals surface area contributed by atoms with Gasteiger partial charge in [-0.1, -0.05) is 53.9 Å². The molecule has 0 saturated heterocycles. The first-order chi connectivity index (χ1) is 13.6. The molecule has 0 bridgehead atoms. The predicted octanol–water partition coefficient (Wildman–Crippen LogP) is 5.41. The Morgan fingerprint density at radius 2 is 1.79 bits per heavy atom. The molecule has 0 aromatic heterocycles. The molecule has 166 valence electrons. The van der Waals surface area contributed by atoms with E-state index < -0.39 is 11.4 Å². The van der Waals surface area contributed by atoms with Crippen molar-refractivity contribution in [2.45, 2.75) is 105 Å². The Labute approximate surface area is 178 Å². The number of hydrogen-bond donors (Lipinski definition) is 0. The van der Waals surface area contributed by atoms with Crippen LogP contribution in [0.15, 0.2) is 0 Å². The second-order valence-electron chi connectivity index (χ2n) is 11.7. The van der Waals surface area contributed by atoms with E-state index >= 15 is 0 Å². The molecule has 0 amide bonds. The summed E-state index contributed by atoms with van der Waals surface area (Å²) in [5.74, 6) is 3.38. The van der Waals surface area contributed by atoms with Gasteiger partial charge in [0, 0.05) is 17.8 Å². The standard InChI is InChI=1S/C26H44O3/c1-17(2)7-6-8-18(3)20-10-11-21-19-9-12-23(27)26(5,16-14-24(28)29)22(19)13-15-25(20,21)4/h17-22H,6-16H2,1-5H3,(H,28,29)/p-1/t18-,19+,20-,21+,22-,25-,26-/m1/s1. The lowest BCUT2D eigenvalue weighted by atomic mass is 9.48. The molecule has 0 heterocycles. The largest absolute Gasteiger partial charge is 0.550 e. The van der Waals surface area contributed by atoms with Gasteiger partial charge in [0.25, 0.3) is 0 Å². The van der Waals surface area contributed by atoms with Crippen molar-refractivity contribution in [2.24, 2.45) is 46.3 Å². The maximum absolute atomic E-state index is 12.9. The van der Waals surface area contributed by atoms with E-state index in [0.717, 1.165) is 30.6 Å². The molecule has 3 fully saturated rings. The molecule has 3 rings (SSSR count). The second kappa shape index (κ2) is 8.71. The fourth-order valence-corrected chi connectivity index (χ4v) is 7.98. The molecule has 3 heteroatoms. The Morgan fingerprint density at radius 3 is 2.45 bits per heavy atom. The number of carbonyl (C=O) groups excluding carboxylic acids is 2. The fraction of sp³-hybridized carbons (Fsp3) is 0.923. The van der Waals surface area contributed by atoms with Crippen molar-refractivity contribution in [1.29, 1.82) is 0 Å². The number of fused-ring (bicyclic) bond motifs is 3. The van der Waals surface area contributed by atoms with Crippen LogP contribution in [0.4, 0.5) is 0 Å². The Bertz CT molecular complexity index is 611. The molecule has 0 aromatic rings. The molecule has 29 heavy (non-hydrogen) atoms. The van der Waals surface area contributed by atoms with E-state index in [1.807, 2.05) is 0 Å². The lowest BCUT2D eigenvalue weighted by molar-refractivity contribution is -0.306. The van der Waals surface area contributed by atoms with Crippen LogP contribution < -0.4 is 5.11 Å². The quantitative estimate of drug-likeness (QED) is 0.545. The molecule has 0 aromatic carbocycles. The third-order valence-corrected chi connectivity index (χ3v) is 9.65. The van der Waals surface area contributed by atoms with Gasteiger partial charge in [0.05, 0.1) is 0 Å². The second-order valence-corrected chi connectivity index (χ2v) is 11.7. The van der Waals surface area contributed by atoms with Crippen LogP contribution in [0.2, 0.25) is 0 Å². The molecular formula is C26H43O3-. The smallest absolute Gasteiger partial charge is 0.139 e. The van der Waals surface area contributed by atoms with E-state index in [4.69, 9.17) is 0 Å². The summed E-state index contributed by atoms with van der Waals surface area (Å²) in [5.41, 5.74) is -0.0423. The normalized spacial score (nSPS) is 40.6. The number of Topliss-reactive ketones (excluding diaryl/α,β-unsaturated/α-hetero) is 1. The van der Waals surface area contributed by atoms with Gasteiger partial charge >= 0.3 is 0 Å². The highest BCUT2D eigenvalue weighted by atomic mass is 16.4. The summed E-state index contributed by atoms with van der Waals surface area (Å²) in [6.07, 6.45) is 11.1. The molecule has 0 aliphatic heterocycles.